The zero-order chi connectivity index (χ0) is 12.6. The summed E-state index contributed by atoms with van der Waals surface area (Å²) in [4.78, 5) is 24.3. The molecule has 1 unspecified atom stereocenters. The number of hydrogen-bond acceptors (Lipinski definition) is 4. The molecule has 0 aliphatic carbocycles. The lowest BCUT2D eigenvalue weighted by atomic mass is 10.2. The van der Waals surface area contributed by atoms with E-state index in [-0.39, 0.29) is 17.8 Å². The monoisotopic (exact) mass is 230 g/mol. The maximum absolute atomic E-state index is 11.6. The third kappa shape index (κ3) is 5.70. The molecule has 5 nitrogen and oxygen atoms in total. The summed E-state index contributed by atoms with van der Waals surface area (Å²) in [7, 11) is 3.04. The molecular weight excluding hydrogens is 208 g/mol. The standard InChI is InChI=1S/C11H22N2O3/c1-5-6-12-7-10(14)13(3)8-9(2)11(15)16-4/h9,12H,5-8H2,1-4H3. The molecule has 0 saturated carbocycles. The van der Waals surface area contributed by atoms with Crippen molar-refractivity contribution in [2.75, 3.05) is 33.8 Å². The van der Waals surface area contributed by atoms with Gasteiger partial charge in [0.05, 0.1) is 19.6 Å². The van der Waals surface area contributed by atoms with Gasteiger partial charge in [0.25, 0.3) is 0 Å². The molecule has 16 heavy (non-hydrogen) atoms. The van der Waals surface area contributed by atoms with Crippen LogP contribution in [-0.4, -0.2) is 50.6 Å². The molecule has 1 atom stereocenters. The summed E-state index contributed by atoms with van der Waals surface area (Å²) in [5.74, 6) is -0.588. The van der Waals surface area contributed by atoms with Crippen LogP contribution in [0.4, 0.5) is 0 Å². The highest BCUT2D eigenvalue weighted by molar-refractivity contribution is 5.79. The van der Waals surface area contributed by atoms with E-state index in [0.717, 1.165) is 13.0 Å². The first-order valence-corrected chi connectivity index (χ1v) is 5.55. The maximum atomic E-state index is 11.6. The fourth-order valence-electron chi connectivity index (χ4n) is 1.30. The number of carbonyl (C=O) groups excluding carboxylic acids is 2. The lowest BCUT2D eigenvalue weighted by Gasteiger charge is -2.20. The minimum Gasteiger partial charge on any atom is -0.469 e. The zero-order valence-electron chi connectivity index (χ0n) is 10.6. The molecule has 0 aliphatic heterocycles. The summed E-state index contributed by atoms with van der Waals surface area (Å²) in [6.07, 6.45) is 0.996. The Kier molecular flexibility index (Phi) is 7.54. The van der Waals surface area contributed by atoms with Crippen LogP contribution in [0.3, 0.4) is 0 Å². The average molecular weight is 230 g/mol. The summed E-state index contributed by atoms with van der Waals surface area (Å²) in [6, 6.07) is 0. The molecule has 0 aliphatic rings. The van der Waals surface area contributed by atoms with Crippen molar-refractivity contribution in [1.29, 1.82) is 0 Å². The number of amides is 1. The van der Waals surface area contributed by atoms with Crippen LogP contribution >= 0.6 is 0 Å². The number of likely N-dealkylation sites (N-methyl/N-ethyl adjacent to an activating group) is 1. The molecule has 1 amide bonds. The van der Waals surface area contributed by atoms with E-state index in [9.17, 15) is 9.59 Å². The zero-order valence-corrected chi connectivity index (χ0v) is 10.6. The number of esters is 1. The van der Waals surface area contributed by atoms with Gasteiger partial charge in [-0.2, -0.15) is 0 Å². The smallest absolute Gasteiger partial charge is 0.310 e. The quantitative estimate of drug-likeness (QED) is 0.503. The van der Waals surface area contributed by atoms with Crippen LogP contribution in [0.25, 0.3) is 0 Å². The average Bonchev–Trinajstić information content (AvgIpc) is 2.27. The predicted octanol–water partition coefficient (Wildman–Crippen LogP) is 0.254. The Morgan fingerprint density at radius 3 is 2.56 bits per heavy atom. The van der Waals surface area contributed by atoms with Crippen LogP contribution < -0.4 is 5.32 Å². The predicted molar refractivity (Wildman–Crippen MR) is 62.0 cm³/mol. The van der Waals surface area contributed by atoms with Crippen molar-refractivity contribution >= 4 is 11.9 Å². The molecular formula is C11H22N2O3. The summed E-state index contributed by atoms with van der Waals surface area (Å²) in [6.45, 7) is 5.32. The Morgan fingerprint density at radius 1 is 1.44 bits per heavy atom. The fourth-order valence-corrected chi connectivity index (χ4v) is 1.30. The molecule has 0 aromatic carbocycles. The van der Waals surface area contributed by atoms with E-state index in [1.165, 1.54) is 7.11 Å². The van der Waals surface area contributed by atoms with Crippen LogP contribution in [0.1, 0.15) is 20.3 Å². The summed E-state index contributed by atoms with van der Waals surface area (Å²) >= 11 is 0. The van der Waals surface area contributed by atoms with Crippen molar-refractivity contribution in [3.63, 3.8) is 0 Å². The molecule has 0 radical (unpaired) electrons. The number of nitrogens with one attached hydrogen (secondary N) is 1. The molecule has 0 heterocycles. The van der Waals surface area contributed by atoms with Crippen LogP contribution in [0, 0.1) is 5.92 Å². The number of nitrogens with zero attached hydrogens (tertiary/aromatic N) is 1. The Morgan fingerprint density at radius 2 is 2.06 bits per heavy atom. The minimum absolute atomic E-state index is 0.01000. The highest BCUT2D eigenvalue weighted by Crippen LogP contribution is 2.00. The SMILES string of the molecule is CCCNCC(=O)N(C)CC(C)C(=O)OC. The van der Waals surface area contributed by atoms with Gasteiger partial charge in [0.1, 0.15) is 0 Å². The van der Waals surface area contributed by atoms with Gasteiger partial charge in [-0.25, -0.2) is 0 Å². The van der Waals surface area contributed by atoms with E-state index in [1.807, 2.05) is 6.92 Å². The van der Waals surface area contributed by atoms with Gasteiger partial charge < -0.3 is 15.0 Å². The van der Waals surface area contributed by atoms with Gasteiger partial charge in [0, 0.05) is 13.6 Å². The third-order valence-electron chi connectivity index (χ3n) is 2.28. The minimum atomic E-state index is -0.291. The van der Waals surface area contributed by atoms with Gasteiger partial charge in [-0.15, -0.1) is 0 Å². The van der Waals surface area contributed by atoms with Crippen LogP contribution in [0.2, 0.25) is 0 Å². The van der Waals surface area contributed by atoms with E-state index in [4.69, 9.17) is 0 Å². The van der Waals surface area contributed by atoms with Crippen molar-refractivity contribution < 1.29 is 14.3 Å². The number of rotatable bonds is 7. The first-order chi connectivity index (χ1) is 7.52. The van der Waals surface area contributed by atoms with Crippen molar-refractivity contribution in [1.82, 2.24) is 10.2 Å². The highest BCUT2D eigenvalue weighted by atomic mass is 16.5. The first-order valence-electron chi connectivity index (χ1n) is 5.55. The third-order valence-corrected chi connectivity index (χ3v) is 2.28. The van der Waals surface area contributed by atoms with Gasteiger partial charge >= 0.3 is 5.97 Å². The number of ether oxygens (including phenoxy) is 1. The Balaban J connectivity index is 3.90. The van der Waals surface area contributed by atoms with Crippen molar-refractivity contribution in [2.45, 2.75) is 20.3 Å². The van der Waals surface area contributed by atoms with E-state index in [0.29, 0.717) is 13.1 Å². The molecule has 1 N–H and O–H groups in total. The van der Waals surface area contributed by atoms with Gasteiger partial charge in [0.15, 0.2) is 0 Å². The Labute approximate surface area is 97.1 Å². The van der Waals surface area contributed by atoms with Gasteiger partial charge in [0.2, 0.25) is 5.91 Å². The molecule has 94 valence electrons. The van der Waals surface area contributed by atoms with Crippen LogP contribution in [0.5, 0.6) is 0 Å². The lowest BCUT2D eigenvalue weighted by molar-refractivity contribution is -0.146. The Bertz CT molecular complexity index is 231. The summed E-state index contributed by atoms with van der Waals surface area (Å²) < 4.78 is 4.60. The van der Waals surface area contributed by atoms with Crippen molar-refractivity contribution in [3.05, 3.63) is 0 Å². The molecule has 0 aromatic rings. The maximum Gasteiger partial charge on any atom is 0.310 e. The molecule has 0 fully saturated rings. The lowest BCUT2D eigenvalue weighted by Crippen LogP contribution is -2.39. The van der Waals surface area contributed by atoms with Gasteiger partial charge in [-0.05, 0) is 13.0 Å². The summed E-state index contributed by atoms with van der Waals surface area (Å²) in [5.41, 5.74) is 0. The van der Waals surface area contributed by atoms with Crippen LogP contribution in [0.15, 0.2) is 0 Å². The van der Waals surface area contributed by atoms with Gasteiger partial charge in [-0.1, -0.05) is 13.8 Å². The largest absolute Gasteiger partial charge is 0.469 e. The van der Waals surface area contributed by atoms with E-state index in [1.54, 1.807) is 18.9 Å². The number of carbonyl (C=O) groups is 2. The van der Waals surface area contributed by atoms with Crippen molar-refractivity contribution in [2.24, 2.45) is 5.92 Å². The number of methoxy groups -OCH3 is 1. The normalized spacial score (nSPS) is 12.0. The van der Waals surface area contributed by atoms with E-state index in [2.05, 4.69) is 10.1 Å². The highest BCUT2D eigenvalue weighted by Gasteiger charge is 2.18. The van der Waals surface area contributed by atoms with Crippen molar-refractivity contribution in [3.8, 4) is 0 Å². The Hall–Kier alpha value is -1.10. The van der Waals surface area contributed by atoms with Crippen LogP contribution in [-0.2, 0) is 14.3 Å². The molecule has 0 aromatic heterocycles. The van der Waals surface area contributed by atoms with E-state index < -0.39 is 0 Å². The molecule has 0 rings (SSSR count). The molecule has 0 spiro atoms. The summed E-state index contributed by atoms with van der Waals surface area (Å²) in [5, 5.41) is 3.02. The molecule has 5 heteroatoms. The van der Waals surface area contributed by atoms with E-state index >= 15 is 0 Å². The number of hydrogen-bond donors (Lipinski definition) is 1. The molecule has 0 saturated heterocycles. The second-order valence-electron chi connectivity index (χ2n) is 3.88. The fraction of sp³-hybridized carbons (Fsp3) is 0.818. The molecule has 0 bridgehead atoms. The van der Waals surface area contributed by atoms with Gasteiger partial charge in [-0.3, -0.25) is 9.59 Å². The second kappa shape index (κ2) is 8.10. The topological polar surface area (TPSA) is 58.6 Å². The second-order valence-corrected chi connectivity index (χ2v) is 3.88. The first kappa shape index (κ1) is 14.9.